The van der Waals surface area contributed by atoms with E-state index < -0.39 is 12.0 Å². The van der Waals surface area contributed by atoms with Gasteiger partial charge in [-0.1, -0.05) is 13.0 Å². The molecule has 0 aromatic heterocycles. The van der Waals surface area contributed by atoms with E-state index in [1.54, 1.807) is 13.0 Å². The predicted octanol–water partition coefficient (Wildman–Crippen LogP) is 0.507. The average Bonchev–Trinajstić information content (AvgIpc) is 2.23. The molecule has 0 heterocycles. The van der Waals surface area contributed by atoms with Crippen LogP contribution in [-0.4, -0.2) is 29.6 Å². The Labute approximate surface area is 95.7 Å². The number of rotatable bonds is 8. The molecule has 0 aliphatic heterocycles. The fourth-order valence-electron chi connectivity index (χ4n) is 1.16. The van der Waals surface area contributed by atoms with Gasteiger partial charge in [0.15, 0.2) is 0 Å². The van der Waals surface area contributed by atoms with Crippen molar-refractivity contribution in [3.63, 3.8) is 0 Å². The number of carbonyl (C=O) groups excluding carboxylic acids is 1. The predicted molar refractivity (Wildman–Crippen MR) is 61.8 cm³/mol. The molecule has 0 aliphatic carbocycles. The van der Waals surface area contributed by atoms with Crippen molar-refractivity contribution in [3.05, 3.63) is 12.7 Å². The van der Waals surface area contributed by atoms with Crippen LogP contribution in [0.5, 0.6) is 0 Å². The average molecular weight is 228 g/mol. The summed E-state index contributed by atoms with van der Waals surface area (Å²) < 4.78 is 0. The van der Waals surface area contributed by atoms with E-state index in [2.05, 4.69) is 11.9 Å². The van der Waals surface area contributed by atoms with E-state index in [4.69, 9.17) is 10.8 Å². The van der Waals surface area contributed by atoms with Gasteiger partial charge >= 0.3 is 5.97 Å². The van der Waals surface area contributed by atoms with E-state index in [9.17, 15) is 9.59 Å². The Morgan fingerprint density at radius 3 is 2.69 bits per heavy atom. The van der Waals surface area contributed by atoms with Crippen LogP contribution in [0.2, 0.25) is 0 Å². The van der Waals surface area contributed by atoms with Gasteiger partial charge in [-0.25, -0.2) is 0 Å². The molecule has 0 radical (unpaired) electrons. The summed E-state index contributed by atoms with van der Waals surface area (Å²) in [6.45, 7) is 5.60. The van der Waals surface area contributed by atoms with Gasteiger partial charge in [-0.3, -0.25) is 9.59 Å². The Hall–Kier alpha value is -1.36. The zero-order valence-corrected chi connectivity index (χ0v) is 9.61. The summed E-state index contributed by atoms with van der Waals surface area (Å²) in [4.78, 5) is 21.8. The molecule has 0 fully saturated rings. The summed E-state index contributed by atoms with van der Waals surface area (Å²) in [6.07, 6.45) is 3.22. The van der Waals surface area contributed by atoms with Crippen LogP contribution in [0.1, 0.15) is 26.2 Å². The quantitative estimate of drug-likeness (QED) is 0.417. The molecule has 0 saturated carbocycles. The molecule has 0 aromatic rings. The van der Waals surface area contributed by atoms with Crippen LogP contribution in [0.15, 0.2) is 12.7 Å². The van der Waals surface area contributed by atoms with Gasteiger partial charge in [0.1, 0.15) is 0 Å². The fraction of sp³-hybridized carbons (Fsp3) is 0.636. The molecule has 1 amide bonds. The number of nitrogens with two attached hydrogens (primary N) is 1. The van der Waals surface area contributed by atoms with Crippen molar-refractivity contribution < 1.29 is 14.7 Å². The third-order valence-electron chi connectivity index (χ3n) is 2.29. The molecule has 16 heavy (non-hydrogen) atoms. The minimum absolute atomic E-state index is 0.220. The van der Waals surface area contributed by atoms with Gasteiger partial charge < -0.3 is 16.2 Å². The van der Waals surface area contributed by atoms with E-state index in [0.717, 1.165) is 0 Å². The van der Waals surface area contributed by atoms with Gasteiger partial charge in [0.2, 0.25) is 5.91 Å². The highest BCUT2D eigenvalue weighted by Crippen LogP contribution is 2.04. The van der Waals surface area contributed by atoms with E-state index >= 15 is 0 Å². The first-order chi connectivity index (χ1) is 7.49. The molecule has 0 aromatic carbocycles. The standard InChI is InChI=1S/C11H20N2O3/c1-3-5-9(12)10(14)13-7-4-6-8(2)11(15)16/h3,8-9H,1,4-7,12H2,2H3,(H,13,14)(H,15,16). The summed E-state index contributed by atoms with van der Waals surface area (Å²) in [6, 6.07) is -0.561. The Morgan fingerprint density at radius 2 is 2.19 bits per heavy atom. The highest BCUT2D eigenvalue weighted by molar-refractivity contribution is 5.81. The Morgan fingerprint density at radius 1 is 1.56 bits per heavy atom. The second-order valence-corrected chi connectivity index (χ2v) is 3.80. The summed E-state index contributed by atoms with van der Waals surface area (Å²) in [7, 11) is 0. The molecule has 0 bridgehead atoms. The maximum absolute atomic E-state index is 11.3. The highest BCUT2D eigenvalue weighted by atomic mass is 16.4. The molecule has 2 unspecified atom stereocenters. The smallest absolute Gasteiger partial charge is 0.306 e. The van der Waals surface area contributed by atoms with Gasteiger partial charge in [-0.2, -0.15) is 0 Å². The normalized spacial score (nSPS) is 13.9. The molecule has 5 nitrogen and oxygen atoms in total. The third kappa shape index (κ3) is 6.19. The second kappa shape index (κ2) is 7.87. The second-order valence-electron chi connectivity index (χ2n) is 3.80. The van der Waals surface area contributed by atoms with Crippen molar-refractivity contribution in [2.24, 2.45) is 11.7 Å². The maximum atomic E-state index is 11.3. The lowest BCUT2D eigenvalue weighted by atomic mass is 10.1. The van der Waals surface area contributed by atoms with Crippen LogP contribution < -0.4 is 11.1 Å². The molecule has 0 rings (SSSR count). The molecule has 0 spiro atoms. The monoisotopic (exact) mass is 228 g/mol. The van der Waals surface area contributed by atoms with Gasteiger partial charge in [0.05, 0.1) is 12.0 Å². The number of nitrogens with one attached hydrogen (secondary N) is 1. The van der Waals surface area contributed by atoms with Crippen molar-refractivity contribution in [2.75, 3.05) is 6.54 Å². The first-order valence-electron chi connectivity index (χ1n) is 5.36. The zero-order chi connectivity index (χ0) is 12.6. The van der Waals surface area contributed by atoms with E-state index in [0.29, 0.717) is 25.8 Å². The molecular weight excluding hydrogens is 208 g/mol. The minimum Gasteiger partial charge on any atom is -0.481 e. The molecule has 0 aliphatic rings. The number of carboxylic acid groups (broad SMARTS) is 1. The maximum Gasteiger partial charge on any atom is 0.306 e. The molecule has 5 heteroatoms. The first kappa shape index (κ1) is 14.6. The molecule has 2 atom stereocenters. The van der Waals surface area contributed by atoms with Crippen LogP contribution in [0.4, 0.5) is 0 Å². The van der Waals surface area contributed by atoms with E-state index in [1.807, 2.05) is 0 Å². The fourth-order valence-corrected chi connectivity index (χ4v) is 1.16. The van der Waals surface area contributed by atoms with E-state index in [1.165, 1.54) is 0 Å². The molecule has 0 saturated heterocycles. The summed E-state index contributed by atoms with van der Waals surface area (Å²) in [5, 5.41) is 11.3. The van der Waals surface area contributed by atoms with Gasteiger partial charge in [0, 0.05) is 6.54 Å². The van der Waals surface area contributed by atoms with Crippen molar-refractivity contribution in [1.29, 1.82) is 0 Å². The van der Waals surface area contributed by atoms with Crippen molar-refractivity contribution in [3.8, 4) is 0 Å². The van der Waals surface area contributed by atoms with Crippen molar-refractivity contribution in [2.45, 2.75) is 32.2 Å². The van der Waals surface area contributed by atoms with Crippen LogP contribution in [0.25, 0.3) is 0 Å². The number of carbonyl (C=O) groups is 2. The lowest BCUT2D eigenvalue weighted by Crippen LogP contribution is -2.40. The Balaban J connectivity index is 3.62. The number of hydrogen-bond donors (Lipinski definition) is 3. The Kier molecular flexibility index (Phi) is 7.20. The SMILES string of the molecule is C=CCC(N)C(=O)NCCCC(C)C(=O)O. The molecule has 4 N–H and O–H groups in total. The van der Waals surface area contributed by atoms with Crippen LogP contribution in [0, 0.1) is 5.92 Å². The number of hydrogen-bond acceptors (Lipinski definition) is 3. The van der Waals surface area contributed by atoms with Crippen LogP contribution >= 0.6 is 0 Å². The number of amides is 1. The van der Waals surface area contributed by atoms with Gasteiger partial charge in [-0.05, 0) is 19.3 Å². The van der Waals surface area contributed by atoms with Gasteiger partial charge in [-0.15, -0.1) is 6.58 Å². The minimum atomic E-state index is -0.810. The van der Waals surface area contributed by atoms with Crippen LogP contribution in [-0.2, 0) is 9.59 Å². The zero-order valence-electron chi connectivity index (χ0n) is 9.61. The first-order valence-corrected chi connectivity index (χ1v) is 5.36. The number of carboxylic acids is 1. The largest absolute Gasteiger partial charge is 0.481 e. The summed E-state index contributed by atoms with van der Waals surface area (Å²) >= 11 is 0. The third-order valence-corrected chi connectivity index (χ3v) is 2.29. The molecular formula is C11H20N2O3. The Bertz CT molecular complexity index is 254. The van der Waals surface area contributed by atoms with Crippen molar-refractivity contribution in [1.82, 2.24) is 5.32 Å². The topological polar surface area (TPSA) is 92.4 Å². The lowest BCUT2D eigenvalue weighted by Gasteiger charge is -2.10. The summed E-state index contributed by atoms with van der Waals surface area (Å²) in [5.74, 6) is -1.41. The highest BCUT2D eigenvalue weighted by Gasteiger charge is 2.12. The van der Waals surface area contributed by atoms with Crippen LogP contribution in [0.3, 0.4) is 0 Å². The lowest BCUT2D eigenvalue weighted by molar-refractivity contribution is -0.141. The van der Waals surface area contributed by atoms with Gasteiger partial charge in [0.25, 0.3) is 0 Å². The summed E-state index contributed by atoms with van der Waals surface area (Å²) in [5.41, 5.74) is 5.54. The van der Waals surface area contributed by atoms with Crippen molar-refractivity contribution >= 4 is 11.9 Å². The molecule has 92 valence electrons. The number of aliphatic carboxylic acids is 1. The van der Waals surface area contributed by atoms with E-state index in [-0.39, 0.29) is 11.8 Å².